The molecule has 0 bridgehead atoms. The maximum Gasteiger partial charge on any atom is 0.149 e. The number of hydrogen-bond acceptors (Lipinski definition) is 3. The molecule has 0 spiro atoms. The van der Waals surface area contributed by atoms with Crippen molar-refractivity contribution in [1.82, 2.24) is 0 Å². The van der Waals surface area contributed by atoms with E-state index >= 15 is 0 Å². The lowest BCUT2D eigenvalue weighted by Gasteiger charge is -2.30. The Bertz CT molecular complexity index is 213. The van der Waals surface area contributed by atoms with Gasteiger partial charge in [0.1, 0.15) is 5.78 Å². The minimum atomic E-state index is 0.309. The van der Waals surface area contributed by atoms with Crippen LogP contribution in [0.4, 0.5) is 0 Å². The van der Waals surface area contributed by atoms with Gasteiger partial charge in [-0.2, -0.15) is 11.8 Å². The summed E-state index contributed by atoms with van der Waals surface area (Å²) in [5, 5.41) is 1.67. The highest BCUT2D eigenvalue weighted by molar-refractivity contribution is 8.08. The van der Waals surface area contributed by atoms with E-state index in [4.69, 9.17) is 0 Å². The average molecular weight is 216 g/mol. The first-order valence-electron chi connectivity index (χ1n) is 4.99. The van der Waals surface area contributed by atoms with Gasteiger partial charge in [-0.1, -0.05) is 13.8 Å². The monoisotopic (exact) mass is 216 g/mol. The summed E-state index contributed by atoms with van der Waals surface area (Å²) in [7, 11) is 0. The van der Waals surface area contributed by atoms with Gasteiger partial charge in [-0.25, -0.2) is 0 Å². The fraction of sp³-hybridized carbons (Fsp3) is 0.900. The molecule has 1 aliphatic carbocycles. The Morgan fingerprint density at radius 3 is 2.46 bits per heavy atom. The molecule has 0 aromatic heterocycles. The number of hydrogen-bond donors (Lipinski definition) is 0. The largest absolute Gasteiger partial charge is 0.298 e. The smallest absolute Gasteiger partial charge is 0.149 e. The van der Waals surface area contributed by atoms with E-state index in [2.05, 4.69) is 13.8 Å². The summed E-state index contributed by atoms with van der Waals surface area (Å²) in [6.07, 6.45) is 2.31. The van der Waals surface area contributed by atoms with Gasteiger partial charge in [-0.3, -0.25) is 4.79 Å². The van der Waals surface area contributed by atoms with Crippen LogP contribution in [0.15, 0.2) is 0 Å². The number of ketones is 1. The molecule has 0 aromatic rings. The van der Waals surface area contributed by atoms with Gasteiger partial charge in [-0.15, -0.1) is 11.8 Å². The first-order chi connectivity index (χ1) is 6.18. The second kappa shape index (κ2) is 3.85. The Hall–Kier alpha value is 0.370. The Kier molecular flexibility index (Phi) is 2.94. The molecular weight excluding hydrogens is 200 g/mol. The minimum Gasteiger partial charge on any atom is -0.298 e. The summed E-state index contributed by atoms with van der Waals surface area (Å²) in [6, 6.07) is 0. The zero-order valence-corrected chi connectivity index (χ0v) is 9.79. The fourth-order valence-corrected chi connectivity index (χ4v) is 4.52. The first-order valence-corrected chi connectivity index (χ1v) is 6.98. The van der Waals surface area contributed by atoms with Crippen LogP contribution >= 0.6 is 23.5 Å². The van der Waals surface area contributed by atoms with Gasteiger partial charge < -0.3 is 0 Å². The van der Waals surface area contributed by atoms with Crippen molar-refractivity contribution in [3.05, 3.63) is 0 Å². The van der Waals surface area contributed by atoms with Crippen molar-refractivity contribution in [1.29, 1.82) is 0 Å². The molecule has 0 N–H and O–H groups in total. The van der Waals surface area contributed by atoms with E-state index in [1.54, 1.807) is 0 Å². The lowest BCUT2D eigenvalue weighted by Crippen LogP contribution is -2.32. The fourth-order valence-electron chi connectivity index (χ4n) is 1.56. The van der Waals surface area contributed by atoms with Crippen LogP contribution in [0.5, 0.6) is 0 Å². The van der Waals surface area contributed by atoms with Crippen LogP contribution in [0, 0.1) is 5.92 Å². The molecule has 1 nitrogen and oxygen atoms in total. The maximum absolute atomic E-state index is 11.8. The zero-order valence-electron chi connectivity index (χ0n) is 8.16. The summed E-state index contributed by atoms with van der Waals surface area (Å²) in [5.41, 5.74) is 0. The number of carbonyl (C=O) groups is 1. The van der Waals surface area contributed by atoms with Crippen molar-refractivity contribution >= 4 is 29.3 Å². The number of rotatable bonds is 2. The maximum atomic E-state index is 11.8. The predicted molar refractivity (Wildman–Crippen MR) is 60.5 cm³/mol. The molecule has 3 unspecified atom stereocenters. The highest BCUT2D eigenvalue weighted by atomic mass is 32.2. The van der Waals surface area contributed by atoms with Gasteiger partial charge in [0.05, 0.1) is 5.25 Å². The Labute approximate surface area is 88.4 Å². The average Bonchev–Trinajstić information content (AvgIpc) is 2.91. The standard InChI is InChI=1S/C10H16OS2/c1-6-7(2)13-9(5-12-6)10(11)8-3-4-8/h6-9H,3-5H2,1-2H3. The SMILES string of the molecule is CC1SCC(C(=O)C2CC2)SC1C. The Balaban J connectivity index is 1.90. The third-order valence-corrected chi connectivity index (χ3v) is 6.26. The molecule has 2 rings (SSSR count). The van der Waals surface area contributed by atoms with Crippen molar-refractivity contribution < 1.29 is 4.79 Å². The highest BCUT2D eigenvalue weighted by Gasteiger charge is 2.38. The molecule has 3 heteroatoms. The van der Waals surface area contributed by atoms with Gasteiger partial charge in [0.2, 0.25) is 0 Å². The summed E-state index contributed by atoms with van der Waals surface area (Å²) in [5.74, 6) is 2.03. The molecule has 13 heavy (non-hydrogen) atoms. The van der Waals surface area contributed by atoms with Gasteiger partial charge in [0.15, 0.2) is 0 Å². The van der Waals surface area contributed by atoms with Crippen molar-refractivity contribution in [2.24, 2.45) is 5.92 Å². The number of carbonyl (C=O) groups excluding carboxylic acids is 1. The van der Waals surface area contributed by atoms with E-state index in [1.165, 1.54) is 0 Å². The molecule has 3 atom stereocenters. The highest BCUT2D eigenvalue weighted by Crippen LogP contribution is 2.41. The molecule has 1 saturated heterocycles. The minimum absolute atomic E-state index is 0.309. The molecule has 74 valence electrons. The predicted octanol–water partition coefficient (Wildman–Crippen LogP) is 2.59. The quantitative estimate of drug-likeness (QED) is 0.706. The van der Waals surface area contributed by atoms with Crippen LogP contribution in [0.1, 0.15) is 26.7 Å². The van der Waals surface area contributed by atoms with Crippen LogP contribution in [0.25, 0.3) is 0 Å². The Morgan fingerprint density at radius 2 is 1.92 bits per heavy atom. The normalized spacial score (nSPS) is 40.3. The first kappa shape index (κ1) is 9.91. The lowest BCUT2D eigenvalue weighted by molar-refractivity contribution is -0.119. The summed E-state index contributed by atoms with van der Waals surface area (Å²) in [4.78, 5) is 11.8. The van der Waals surface area contributed by atoms with Gasteiger partial charge in [0.25, 0.3) is 0 Å². The topological polar surface area (TPSA) is 17.1 Å². The molecule has 1 heterocycles. The summed E-state index contributed by atoms with van der Waals surface area (Å²) < 4.78 is 0. The molecule has 2 fully saturated rings. The molecule has 0 amide bonds. The van der Waals surface area contributed by atoms with Crippen LogP contribution in [-0.2, 0) is 4.79 Å². The molecule has 2 aliphatic rings. The third-order valence-electron chi connectivity index (χ3n) is 2.85. The lowest BCUT2D eigenvalue weighted by atomic mass is 10.2. The second-order valence-corrected chi connectivity index (χ2v) is 7.04. The summed E-state index contributed by atoms with van der Waals surface area (Å²) >= 11 is 3.87. The van der Waals surface area contributed by atoms with E-state index in [9.17, 15) is 4.79 Å². The van der Waals surface area contributed by atoms with Gasteiger partial charge in [0, 0.05) is 22.2 Å². The van der Waals surface area contributed by atoms with Crippen molar-refractivity contribution in [3.8, 4) is 0 Å². The zero-order chi connectivity index (χ0) is 9.42. The molecule has 0 radical (unpaired) electrons. The third kappa shape index (κ3) is 2.24. The van der Waals surface area contributed by atoms with E-state index in [0.717, 1.165) is 18.6 Å². The van der Waals surface area contributed by atoms with Crippen molar-refractivity contribution in [2.45, 2.75) is 42.4 Å². The van der Waals surface area contributed by atoms with Crippen molar-refractivity contribution in [3.63, 3.8) is 0 Å². The Morgan fingerprint density at radius 1 is 1.23 bits per heavy atom. The molecule has 1 saturated carbocycles. The van der Waals surface area contributed by atoms with Crippen LogP contribution in [0.2, 0.25) is 0 Å². The number of thioether (sulfide) groups is 2. The summed E-state index contributed by atoms with van der Waals surface area (Å²) in [6.45, 7) is 4.51. The van der Waals surface area contributed by atoms with Crippen LogP contribution in [-0.4, -0.2) is 27.3 Å². The van der Waals surface area contributed by atoms with Gasteiger partial charge in [-0.05, 0) is 12.8 Å². The van der Waals surface area contributed by atoms with Crippen molar-refractivity contribution in [2.75, 3.05) is 5.75 Å². The van der Waals surface area contributed by atoms with E-state index in [1.807, 2.05) is 23.5 Å². The second-order valence-electron chi connectivity index (χ2n) is 4.04. The van der Waals surface area contributed by atoms with E-state index in [-0.39, 0.29) is 0 Å². The number of Topliss-reactive ketones (excluding diaryl/α,β-unsaturated/α-hetero) is 1. The van der Waals surface area contributed by atoms with Crippen LogP contribution < -0.4 is 0 Å². The van der Waals surface area contributed by atoms with Gasteiger partial charge >= 0.3 is 0 Å². The molecule has 0 aromatic carbocycles. The molecule has 1 aliphatic heterocycles. The van der Waals surface area contributed by atoms with E-state index < -0.39 is 0 Å². The van der Waals surface area contributed by atoms with Crippen LogP contribution in [0.3, 0.4) is 0 Å². The van der Waals surface area contributed by atoms with E-state index in [0.29, 0.717) is 27.5 Å². The molecular formula is C10H16OS2.